The van der Waals surface area contributed by atoms with Gasteiger partial charge >= 0.3 is 0 Å². The number of aliphatic hydroxyl groups is 1. The molecule has 0 heterocycles. The summed E-state index contributed by atoms with van der Waals surface area (Å²) in [5.41, 5.74) is 1.11. The number of thioether (sulfide) groups is 1. The van der Waals surface area contributed by atoms with Crippen LogP contribution in [0, 0.1) is 0 Å². The summed E-state index contributed by atoms with van der Waals surface area (Å²) in [6.45, 7) is 1.81. The van der Waals surface area contributed by atoms with E-state index >= 15 is 0 Å². The number of benzene rings is 1. The van der Waals surface area contributed by atoms with Crippen molar-refractivity contribution in [2.24, 2.45) is 0 Å². The van der Waals surface area contributed by atoms with E-state index in [0.29, 0.717) is 10.8 Å². The Morgan fingerprint density at radius 1 is 1.56 bits per heavy atom. The largest absolute Gasteiger partial charge is 0.394 e. The van der Waals surface area contributed by atoms with Gasteiger partial charge in [0.2, 0.25) is 5.91 Å². The molecule has 0 saturated carbocycles. The molecule has 18 heavy (non-hydrogen) atoms. The van der Waals surface area contributed by atoms with Gasteiger partial charge in [0.15, 0.2) is 0 Å². The molecule has 5 heteroatoms. The van der Waals surface area contributed by atoms with Crippen molar-refractivity contribution >= 4 is 29.3 Å². The van der Waals surface area contributed by atoms with E-state index in [9.17, 15) is 4.79 Å². The highest BCUT2D eigenvalue weighted by Crippen LogP contribution is 2.17. The maximum Gasteiger partial charge on any atom is 0.232 e. The minimum Gasteiger partial charge on any atom is -0.394 e. The summed E-state index contributed by atoms with van der Waals surface area (Å²) in [5, 5.41) is 9.69. The Labute approximate surface area is 117 Å². The summed E-state index contributed by atoms with van der Waals surface area (Å²) in [6.07, 6.45) is 0. The first-order valence-corrected chi connectivity index (χ1v) is 7.26. The third kappa shape index (κ3) is 4.88. The molecule has 0 saturated heterocycles. The first-order chi connectivity index (χ1) is 8.54. The quantitative estimate of drug-likeness (QED) is 0.873. The van der Waals surface area contributed by atoms with Gasteiger partial charge in [-0.3, -0.25) is 4.79 Å². The van der Waals surface area contributed by atoms with Gasteiger partial charge in [-0.05, 0) is 24.6 Å². The molecule has 0 radical (unpaired) electrons. The minimum atomic E-state index is -0.135. The third-order valence-electron chi connectivity index (χ3n) is 2.70. The number of aliphatic hydroxyl groups excluding tert-OH is 1. The van der Waals surface area contributed by atoms with Gasteiger partial charge in [-0.15, -0.1) is 11.8 Å². The van der Waals surface area contributed by atoms with Crippen LogP contribution in [-0.4, -0.2) is 41.4 Å². The van der Waals surface area contributed by atoms with Crippen LogP contribution >= 0.6 is 23.4 Å². The number of hydrogen-bond acceptors (Lipinski definition) is 3. The van der Waals surface area contributed by atoms with Gasteiger partial charge in [-0.1, -0.05) is 23.7 Å². The first-order valence-electron chi connectivity index (χ1n) is 5.73. The molecule has 3 nitrogen and oxygen atoms in total. The van der Waals surface area contributed by atoms with Crippen LogP contribution in [0.4, 0.5) is 0 Å². The molecular formula is C13H18ClNO2S. The predicted octanol–water partition coefficient (Wildman–Crippen LogP) is 2.41. The van der Waals surface area contributed by atoms with Crippen LogP contribution in [0.15, 0.2) is 24.3 Å². The lowest BCUT2D eigenvalue weighted by Crippen LogP contribution is -2.38. The monoisotopic (exact) mass is 287 g/mol. The summed E-state index contributed by atoms with van der Waals surface area (Å²) in [7, 11) is 1.71. The molecule has 0 aromatic heterocycles. The average Bonchev–Trinajstić information content (AvgIpc) is 2.36. The fourth-order valence-corrected chi connectivity index (χ4v) is 2.46. The molecule has 100 valence electrons. The lowest BCUT2D eigenvalue weighted by Gasteiger charge is -2.22. The van der Waals surface area contributed by atoms with Crippen molar-refractivity contribution in [1.29, 1.82) is 0 Å². The number of carbonyl (C=O) groups excluding carboxylic acids is 1. The smallest absolute Gasteiger partial charge is 0.232 e. The third-order valence-corrected chi connectivity index (χ3v) is 3.93. The van der Waals surface area contributed by atoms with Gasteiger partial charge in [0.1, 0.15) is 0 Å². The Hall–Kier alpha value is -0.710. The maximum atomic E-state index is 11.8. The molecule has 0 aliphatic carbocycles. The summed E-state index contributed by atoms with van der Waals surface area (Å²) in [6, 6.07) is 7.49. The summed E-state index contributed by atoms with van der Waals surface area (Å²) in [4.78, 5) is 13.3. The fraction of sp³-hybridized carbons (Fsp3) is 0.462. The number of halogens is 1. The van der Waals surface area contributed by atoms with Crippen molar-refractivity contribution in [2.45, 2.75) is 18.7 Å². The summed E-state index contributed by atoms with van der Waals surface area (Å²) in [5.74, 6) is 1.20. The number of likely N-dealkylation sites (N-methyl/N-ethyl adjacent to an activating group) is 1. The second-order valence-corrected chi connectivity index (χ2v) is 5.58. The van der Waals surface area contributed by atoms with Gasteiger partial charge in [-0.25, -0.2) is 0 Å². The standard InChI is InChI=1S/C13H18ClNO2S/c1-10(7-16)15(2)13(17)9-18-8-11-4-3-5-12(14)6-11/h3-6,10,16H,7-9H2,1-2H3/t10-/m0/s1. The molecule has 1 N–H and O–H groups in total. The van der Waals surface area contributed by atoms with E-state index in [1.165, 1.54) is 0 Å². The van der Waals surface area contributed by atoms with E-state index in [-0.39, 0.29) is 18.6 Å². The number of hydrogen-bond donors (Lipinski definition) is 1. The molecule has 0 spiro atoms. The van der Waals surface area contributed by atoms with Gasteiger partial charge in [0.25, 0.3) is 0 Å². The minimum absolute atomic E-state index is 0.0127. The van der Waals surface area contributed by atoms with Crippen LogP contribution in [0.1, 0.15) is 12.5 Å². The van der Waals surface area contributed by atoms with Crippen molar-refractivity contribution in [3.05, 3.63) is 34.9 Å². The molecule has 1 aromatic rings. The Balaban J connectivity index is 2.36. The van der Waals surface area contributed by atoms with Crippen LogP contribution in [0.2, 0.25) is 5.02 Å². The number of rotatable bonds is 6. The highest BCUT2D eigenvalue weighted by atomic mass is 35.5. The first kappa shape index (κ1) is 15.3. The topological polar surface area (TPSA) is 40.5 Å². The number of carbonyl (C=O) groups is 1. The van der Waals surface area contributed by atoms with Gasteiger partial charge in [-0.2, -0.15) is 0 Å². The zero-order valence-electron chi connectivity index (χ0n) is 10.6. The molecule has 1 aromatic carbocycles. The van der Waals surface area contributed by atoms with Crippen molar-refractivity contribution < 1.29 is 9.90 Å². The lowest BCUT2D eigenvalue weighted by molar-refractivity contribution is -0.129. The summed E-state index contributed by atoms with van der Waals surface area (Å²) < 4.78 is 0. The normalized spacial score (nSPS) is 12.2. The average molecular weight is 288 g/mol. The zero-order valence-corrected chi connectivity index (χ0v) is 12.2. The van der Waals surface area contributed by atoms with Crippen molar-refractivity contribution in [3.8, 4) is 0 Å². The predicted molar refractivity (Wildman–Crippen MR) is 76.9 cm³/mol. The van der Waals surface area contributed by atoms with Gasteiger partial charge in [0.05, 0.1) is 18.4 Å². The molecule has 0 unspecified atom stereocenters. The molecule has 1 amide bonds. The highest BCUT2D eigenvalue weighted by Gasteiger charge is 2.14. The SMILES string of the molecule is C[C@@H](CO)N(C)C(=O)CSCc1cccc(Cl)c1. The maximum absolute atomic E-state index is 11.8. The molecule has 0 aliphatic heterocycles. The van der Waals surface area contributed by atoms with Crippen molar-refractivity contribution in [3.63, 3.8) is 0 Å². The second kappa shape index (κ2) is 7.67. The van der Waals surface area contributed by atoms with Gasteiger partial charge in [0, 0.05) is 17.8 Å². The van der Waals surface area contributed by atoms with Gasteiger partial charge < -0.3 is 10.0 Å². The molecule has 0 aliphatic rings. The van der Waals surface area contributed by atoms with E-state index in [0.717, 1.165) is 11.3 Å². The van der Waals surface area contributed by atoms with Crippen LogP contribution in [0.5, 0.6) is 0 Å². The number of nitrogens with zero attached hydrogens (tertiary/aromatic N) is 1. The van der Waals surface area contributed by atoms with Crippen molar-refractivity contribution in [1.82, 2.24) is 4.90 Å². The van der Waals surface area contributed by atoms with Crippen LogP contribution < -0.4 is 0 Å². The molecular weight excluding hydrogens is 270 g/mol. The Bertz CT molecular complexity index is 400. The van der Waals surface area contributed by atoms with E-state index < -0.39 is 0 Å². The molecule has 0 fully saturated rings. The van der Waals surface area contributed by atoms with E-state index in [1.807, 2.05) is 31.2 Å². The Morgan fingerprint density at radius 3 is 2.89 bits per heavy atom. The molecule has 0 bridgehead atoms. The molecule has 1 rings (SSSR count). The second-order valence-electron chi connectivity index (χ2n) is 4.16. The van der Waals surface area contributed by atoms with E-state index in [4.69, 9.17) is 16.7 Å². The summed E-state index contributed by atoms with van der Waals surface area (Å²) >= 11 is 7.43. The molecule has 1 atom stereocenters. The fourth-order valence-electron chi connectivity index (χ4n) is 1.35. The highest BCUT2D eigenvalue weighted by molar-refractivity contribution is 7.99. The van der Waals surface area contributed by atoms with Crippen LogP contribution in [0.3, 0.4) is 0 Å². The Morgan fingerprint density at radius 2 is 2.28 bits per heavy atom. The van der Waals surface area contributed by atoms with Crippen LogP contribution in [-0.2, 0) is 10.5 Å². The zero-order chi connectivity index (χ0) is 13.5. The number of amides is 1. The van der Waals surface area contributed by atoms with E-state index in [2.05, 4.69) is 0 Å². The lowest BCUT2D eigenvalue weighted by atomic mass is 10.2. The van der Waals surface area contributed by atoms with E-state index in [1.54, 1.807) is 23.7 Å². The van der Waals surface area contributed by atoms with Crippen molar-refractivity contribution in [2.75, 3.05) is 19.4 Å². The Kier molecular flexibility index (Phi) is 6.54. The van der Waals surface area contributed by atoms with Crippen LogP contribution in [0.25, 0.3) is 0 Å².